The van der Waals surface area contributed by atoms with Crippen LogP contribution in [0.5, 0.6) is 0 Å². The minimum atomic E-state index is -0.301. The van der Waals surface area contributed by atoms with Gasteiger partial charge in [-0.3, -0.25) is 4.79 Å². The van der Waals surface area contributed by atoms with Crippen LogP contribution >= 0.6 is 15.9 Å². The molecular weight excluding hydrogens is 284 g/mol. The Morgan fingerprint density at radius 2 is 2.12 bits per heavy atom. The first-order valence-corrected chi connectivity index (χ1v) is 5.78. The molecule has 0 unspecified atom stereocenters. The van der Waals surface area contributed by atoms with Gasteiger partial charge in [-0.15, -0.1) is 0 Å². The predicted molar refractivity (Wildman–Crippen MR) is 70.0 cm³/mol. The van der Waals surface area contributed by atoms with Crippen molar-refractivity contribution in [2.75, 3.05) is 11.1 Å². The SMILES string of the molecule is Cc1ccc(C(=O)Nc2cc(N)ccc2Br)o1. The van der Waals surface area contributed by atoms with Crippen molar-refractivity contribution < 1.29 is 9.21 Å². The molecule has 0 radical (unpaired) electrons. The van der Waals surface area contributed by atoms with Crippen LogP contribution in [0.1, 0.15) is 16.3 Å². The molecule has 0 aliphatic carbocycles. The molecule has 0 bridgehead atoms. The minimum absolute atomic E-state index is 0.275. The van der Waals surface area contributed by atoms with Crippen LogP contribution in [0.15, 0.2) is 39.2 Å². The molecule has 0 aliphatic heterocycles. The number of nitrogens with one attached hydrogen (secondary N) is 1. The highest BCUT2D eigenvalue weighted by Crippen LogP contribution is 2.25. The Balaban J connectivity index is 2.21. The van der Waals surface area contributed by atoms with Crippen molar-refractivity contribution in [3.63, 3.8) is 0 Å². The number of furan rings is 1. The van der Waals surface area contributed by atoms with Crippen LogP contribution in [0.3, 0.4) is 0 Å². The van der Waals surface area contributed by atoms with E-state index in [0.717, 1.165) is 4.47 Å². The lowest BCUT2D eigenvalue weighted by molar-refractivity contribution is 0.0995. The molecule has 0 fully saturated rings. The van der Waals surface area contributed by atoms with Crippen LogP contribution in [0.4, 0.5) is 11.4 Å². The second kappa shape index (κ2) is 4.63. The van der Waals surface area contributed by atoms with Crippen LogP contribution in [-0.4, -0.2) is 5.91 Å². The summed E-state index contributed by atoms with van der Waals surface area (Å²) < 4.78 is 6.00. The molecule has 4 nitrogen and oxygen atoms in total. The molecule has 1 aromatic heterocycles. The lowest BCUT2D eigenvalue weighted by Crippen LogP contribution is -2.11. The van der Waals surface area contributed by atoms with Gasteiger partial charge in [0.1, 0.15) is 5.76 Å². The Bertz CT molecular complexity index is 563. The quantitative estimate of drug-likeness (QED) is 0.836. The standard InChI is InChI=1S/C12H11BrN2O2/c1-7-2-5-11(17-7)12(16)15-10-6-8(14)3-4-9(10)13/h2-6H,14H2,1H3,(H,15,16). The van der Waals surface area contributed by atoms with Crippen molar-refractivity contribution in [1.29, 1.82) is 0 Å². The molecule has 0 atom stereocenters. The Hall–Kier alpha value is -1.75. The zero-order valence-corrected chi connectivity index (χ0v) is 10.7. The maximum atomic E-state index is 11.8. The number of hydrogen-bond donors (Lipinski definition) is 2. The first-order chi connectivity index (χ1) is 8.06. The molecule has 88 valence electrons. The molecule has 2 rings (SSSR count). The maximum Gasteiger partial charge on any atom is 0.291 e. The molecule has 2 aromatic rings. The number of carbonyl (C=O) groups is 1. The summed E-state index contributed by atoms with van der Waals surface area (Å²) in [5.41, 5.74) is 6.85. The van der Waals surface area contributed by atoms with E-state index in [4.69, 9.17) is 10.2 Å². The van der Waals surface area contributed by atoms with Crippen LogP contribution in [0.2, 0.25) is 0 Å². The zero-order chi connectivity index (χ0) is 12.4. The fourth-order valence-electron chi connectivity index (χ4n) is 1.38. The van der Waals surface area contributed by atoms with Gasteiger partial charge in [-0.25, -0.2) is 0 Å². The normalized spacial score (nSPS) is 10.2. The van der Waals surface area contributed by atoms with Crippen molar-refractivity contribution in [2.24, 2.45) is 0 Å². The Labute approximate surface area is 107 Å². The number of nitrogens with two attached hydrogens (primary N) is 1. The van der Waals surface area contributed by atoms with E-state index in [9.17, 15) is 4.79 Å². The molecular formula is C12H11BrN2O2. The van der Waals surface area contributed by atoms with Crippen molar-refractivity contribution in [3.05, 3.63) is 46.3 Å². The van der Waals surface area contributed by atoms with Gasteiger partial charge in [-0.05, 0) is 53.2 Å². The summed E-state index contributed by atoms with van der Waals surface area (Å²) >= 11 is 3.34. The van der Waals surface area contributed by atoms with E-state index in [2.05, 4.69) is 21.2 Å². The minimum Gasteiger partial charge on any atom is -0.456 e. The van der Waals surface area contributed by atoms with Gasteiger partial charge in [0, 0.05) is 10.2 Å². The molecule has 5 heteroatoms. The summed E-state index contributed by atoms with van der Waals surface area (Å²) in [7, 11) is 0. The number of aryl methyl sites for hydroxylation is 1. The molecule has 0 saturated carbocycles. The summed E-state index contributed by atoms with van der Waals surface area (Å²) in [5, 5.41) is 2.72. The van der Waals surface area contributed by atoms with Crippen molar-refractivity contribution in [1.82, 2.24) is 0 Å². The zero-order valence-electron chi connectivity index (χ0n) is 9.16. The number of hydrogen-bond acceptors (Lipinski definition) is 3. The second-order valence-electron chi connectivity index (χ2n) is 3.60. The van der Waals surface area contributed by atoms with Gasteiger partial charge in [0.05, 0.1) is 5.69 Å². The number of anilines is 2. The molecule has 1 amide bonds. The molecule has 3 N–H and O–H groups in total. The monoisotopic (exact) mass is 294 g/mol. The number of amides is 1. The highest BCUT2D eigenvalue weighted by Gasteiger charge is 2.11. The summed E-state index contributed by atoms with van der Waals surface area (Å²) in [4.78, 5) is 11.8. The maximum absolute atomic E-state index is 11.8. The average molecular weight is 295 g/mol. The number of rotatable bonds is 2. The number of carbonyl (C=O) groups excluding carboxylic acids is 1. The summed E-state index contributed by atoms with van der Waals surface area (Å²) in [6, 6.07) is 8.57. The number of halogens is 1. The third-order valence-corrected chi connectivity index (χ3v) is 2.89. The van der Waals surface area contributed by atoms with Crippen molar-refractivity contribution in [3.8, 4) is 0 Å². The van der Waals surface area contributed by atoms with Crippen LogP contribution in [0.25, 0.3) is 0 Å². The third kappa shape index (κ3) is 2.68. The van der Waals surface area contributed by atoms with Gasteiger partial charge in [-0.1, -0.05) is 0 Å². The highest BCUT2D eigenvalue weighted by molar-refractivity contribution is 9.10. The van der Waals surface area contributed by atoms with E-state index in [1.54, 1.807) is 37.3 Å². The van der Waals surface area contributed by atoms with E-state index < -0.39 is 0 Å². The molecule has 17 heavy (non-hydrogen) atoms. The molecule has 1 aromatic carbocycles. The fraction of sp³-hybridized carbons (Fsp3) is 0.0833. The van der Waals surface area contributed by atoms with E-state index >= 15 is 0 Å². The molecule has 0 spiro atoms. The van der Waals surface area contributed by atoms with E-state index in [0.29, 0.717) is 17.1 Å². The van der Waals surface area contributed by atoms with Crippen LogP contribution < -0.4 is 11.1 Å². The highest BCUT2D eigenvalue weighted by atomic mass is 79.9. The van der Waals surface area contributed by atoms with E-state index in [1.165, 1.54) is 0 Å². The lowest BCUT2D eigenvalue weighted by atomic mass is 10.3. The van der Waals surface area contributed by atoms with E-state index in [1.807, 2.05) is 0 Å². The Morgan fingerprint density at radius 3 is 2.76 bits per heavy atom. The van der Waals surface area contributed by atoms with Gasteiger partial charge < -0.3 is 15.5 Å². The Morgan fingerprint density at radius 1 is 1.35 bits per heavy atom. The number of benzene rings is 1. The fourth-order valence-corrected chi connectivity index (χ4v) is 1.72. The topological polar surface area (TPSA) is 68.3 Å². The molecule has 0 saturated heterocycles. The average Bonchev–Trinajstić information content (AvgIpc) is 2.70. The summed E-state index contributed by atoms with van der Waals surface area (Å²) in [6.45, 7) is 1.78. The Kier molecular flexibility index (Phi) is 3.19. The van der Waals surface area contributed by atoms with Crippen LogP contribution in [-0.2, 0) is 0 Å². The summed E-state index contributed by atoms with van der Waals surface area (Å²) in [6.07, 6.45) is 0. The van der Waals surface area contributed by atoms with Gasteiger partial charge in [0.2, 0.25) is 0 Å². The second-order valence-corrected chi connectivity index (χ2v) is 4.46. The van der Waals surface area contributed by atoms with E-state index in [-0.39, 0.29) is 11.7 Å². The van der Waals surface area contributed by atoms with Gasteiger partial charge in [0.15, 0.2) is 5.76 Å². The predicted octanol–water partition coefficient (Wildman–Crippen LogP) is 3.19. The third-order valence-electron chi connectivity index (χ3n) is 2.20. The van der Waals surface area contributed by atoms with Crippen LogP contribution in [0, 0.1) is 6.92 Å². The first-order valence-electron chi connectivity index (χ1n) is 4.99. The smallest absolute Gasteiger partial charge is 0.291 e. The number of nitrogen functional groups attached to an aromatic ring is 1. The molecule has 1 heterocycles. The van der Waals surface area contributed by atoms with Gasteiger partial charge in [0.25, 0.3) is 5.91 Å². The lowest BCUT2D eigenvalue weighted by Gasteiger charge is -2.06. The van der Waals surface area contributed by atoms with Gasteiger partial charge >= 0.3 is 0 Å². The summed E-state index contributed by atoms with van der Waals surface area (Å²) in [5.74, 6) is 0.669. The van der Waals surface area contributed by atoms with Crippen molar-refractivity contribution >= 4 is 33.2 Å². The van der Waals surface area contributed by atoms with Gasteiger partial charge in [-0.2, -0.15) is 0 Å². The van der Waals surface area contributed by atoms with Crippen molar-refractivity contribution in [2.45, 2.75) is 6.92 Å². The largest absolute Gasteiger partial charge is 0.456 e. The first kappa shape index (κ1) is 11.7. The molecule has 0 aliphatic rings.